The summed E-state index contributed by atoms with van der Waals surface area (Å²) in [5, 5.41) is 10.8. The Balaban J connectivity index is 1.65. The molecule has 0 bridgehead atoms. The third kappa shape index (κ3) is 3.98. The molecular formula is C17H14FN3OS. The van der Waals surface area contributed by atoms with Crippen molar-refractivity contribution in [1.29, 1.82) is 0 Å². The zero-order valence-corrected chi connectivity index (χ0v) is 13.3. The molecule has 0 amide bonds. The van der Waals surface area contributed by atoms with Gasteiger partial charge >= 0.3 is 0 Å². The molecule has 0 spiro atoms. The van der Waals surface area contributed by atoms with E-state index in [4.69, 9.17) is 4.74 Å². The maximum Gasteiger partial charge on any atom is 0.230 e. The van der Waals surface area contributed by atoms with Crippen LogP contribution < -0.4 is 4.74 Å². The summed E-state index contributed by atoms with van der Waals surface area (Å²) in [5.74, 6) is 0.554. The van der Waals surface area contributed by atoms with E-state index in [-0.39, 0.29) is 5.82 Å². The summed E-state index contributed by atoms with van der Waals surface area (Å²) in [7, 11) is 1.63. The highest BCUT2D eigenvalue weighted by atomic mass is 32.1. The monoisotopic (exact) mass is 327 g/mol. The van der Waals surface area contributed by atoms with Crippen LogP contribution in [-0.2, 0) is 6.54 Å². The summed E-state index contributed by atoms with van der Waals surface area (Å²) in [4.78, 5) is 4.38. The minimum atomic E-state index is -0.261. The number of azo groups is 1. The molecule has 0 aliphatic carbocycles. The van der Waals surface area contributed by atoms with Crippen LogP contribution in [0, 0.1) is 5.82 Å². The van der Waals surface area contributed by atoms with E-state index >= 15 is 0 Å². The topological polar surface area (TPSA) is 46.8 Å². The molecule has 3 aromatic rings. The molecule has 0 N–H and O–H groups in total. The van der Waals surface area contributed by atoms with Gasteiger partial charge in [0.1, 0.15) is 11.6 Å². The van der Waals surface area contributed by atoms with Gasteiger partial charge < -0.3 is 4.74 Å². The highest BCUT2D eigenvalue weighted by Crippen LogP contribution is 2.27. The van der Waals surface area contributed by atoms with Gasteiger partial charge in [0.25, 0.3) is 0 Å². The van der Waals surface area contributed by atoms with Crippen molar-refractivity contribution in [3.63, 3.8) is 0 Å². The van der Waals surface area contributed by atoms with Gasteiger partial charge in [0, 0.05) is 10.9 Å². The SMILES string of the molecule is COc1ccc(CN=Nc2nc(-c3ccc(F)cc3)cs2)cc1. The first-order chi connectivity index (χ1) is 11.2. The summed E-state index contributed by atoms with van der Waals surface area (Å²) in [6.45, 7) is 0.482. The Bertz CT molecular complexity index is 797. The first-order valence-electron chi connectivity index (χ1n) is 6.96. The number of methoxy groups -OCH3 is 1. The van der Waals surface area contributed by atoms with E-state index in [2.05, 4.69) is 15.2 Å². The first-order valence-corrected chi connectivity index (χ1v) is 7.84. The van der Waals surface area contributed by atoms with Crippen molar-refractivity contribution in [2.24, 2.45) is 10.2 Å². The fourth-order valence-corrected chi connectivity index (χ4v) is 2.63. The Labute approximate surface area is 137 Å². The molecule has 0 saturated heterocycles. The van der Waals surface area contributed by atoms with Crippen LogP contribution in [0.4, 0.5) is 9.52 Å². The molecule has 3 rings (SSSR count). The Morgan fingerprint density at radius 2 is 1.83 bits per heavy atom. The normalized spacial score (nSPS) is 11.0. The van der Waals surface area contributed by atoms with Crippen LogP contribution in [0.15, 0.2) is 64.1 Å². The number of rotatable bonds is 5. The molecule has 1 aromatic heterocycles. The van der Waals surface area contributed by atoms with Gasteiger partial charge in [-0.05, 0) is 42.0 Å². The number of aromatic nitrogens is 1. The highest BCUT2D eigenvalue weighted by molar-refractivity contribution is 7.13. The largest absolute Gasteiger partial charge is 0.497 e. The Morgan fingerprint density at radius 3 is 2.52 bits per heavy atom. The number of benzene rings is 2. The molecule has 0 fully saturated rings. The average molecular weight is 327 g/mol. The smallest absolute Gasteiger partial charge is 0.230 e. The maximum absolute atomic E-state index is 12.9. The second-order valence-electron chi connectivity index (χ2n) is 4.77. The predicted molar refractivity (Wildman–Crippen MR) is 88.7 cm³/mol. The molecule has 0 unspecified atom stereocenters. The summed E-state index contributed by atoms with van der Waals surface area (Å²) >= 11 is 1.40. The van der Waals surface area contributed by atoms with Crippen molar-refractivity contribution in [2.75, 3.05) is 7.11 Å². The van der Waals surface area contributed by atoms with Gasteiger partial charge in [-0.15, -0.1) is 16.5 Å². The predicted octanol–water partition coefficient (Wildman–Crippen LogP) is 5.24. The van der Waals surface area contributed by atoms with Crippen LogP contribution in [0.2, 0.25) is 0 Å². The fraction of sp³-hybridized carbons (Fsp3) is 0.118. The quantitative estimate of drug-likeness (QED) is 0.601. The molecule has 23 heavy (non-hydrogen) atoms. The second-order valence-corrected chi connectivity index (χ2v) is 5.61. The van der Waals surface area contributed by atoms with Crippen LogP contribution in [0.5, 0.6) is 5.75 Å². The van der Waals surface area contributed by atoms with Crippen molar-refractivity contribution in [1.82, 2.24) is 4.98 Å². The highest BCUT2D eigenvalue weighted by Gasteiger charge is 2.04. The third-order valence-electron chi connectivity index (χ3n) is 3.20. The van der Waals surface area contributed by atoms with Crippen LogP contribution in [0.1, 0.15) is 5.56 Å². The van der Waals surface area contributed by atoms with Gasteiger partial charge in [0.15, 0.2) is 0 Å². The minimum absolute atomic E-state index is 0.261. The Morgan fingerprint density at radius 1 is 1.09 bits per heavy atom. The second kappa shape index (κ2) is 7.11. The third-order valence-corrected chi connectivity index (χ3v) is 3.93. The van der Waals surface area contributed by atoms with Gasteiger partial charge in [0.2, 0.25) is 5.13 Å². The minimum Gasteiger partial charge on any atom is -0.497 e. The zero-order chi connectivity index (χ0) is 16.1. The Kier molecular flexibility index (Phi) is 4.73. The van der Waals surface area contributed by atoms with Crippen molar-refractivity contribution in [3.05, 3.63) is 65.3 Å². The van der Waals surface area contributed by atoms with E-state index in [1.54, 1.807) is 19.2 Å². The summed E-state index contributed by atoms with van der Waals surface area (Å²) in [5.41, 5.74) is 2.68. The number of ether oxygens (including phenoxy) is 1. The van der Waals surface area contributed by atoms with Gasteiger partial charge in [0.05, 0.1) is 19.3 Å². The number of nitrogens with zero attached hydrogens (tertiary/aromatic N) is 3. The fourth-order valence-electron chi connectivity index (χ4n) is 1.97. The van der Waals surface area contributed by atoms with E-state index < -0.39 is 0 Å². The average Bonchev–Trinajstić information content (AvgIpc) is 3.05. The number of halogens is 1. The molecule has 116 valence electrons. The van der Waals surface area contributed by atoms with Crippen molar-refractivity contribution in [3.8, 4) is 17.0 Å². The molecule has 1 heterocycles. The number of hydrogen-bond donors (Lipinski definition) is 0. The van der Waals surface area contributed by atoms with Crippen LogP contribution in [-0.4, -0.2) is 12.1 Å². The van der Waals surface area contributed by atoms with Crippen molar-refractivity contribution < 1.29 is 9.13 Å². The molecule has 2 aromatic carbocycles. The molecule has 0 saturated carbocycles. The van der Waals surface area contributed by atoms with Crippen molar-refractivity contribution in [2.45, 2.75) is 6.54 Å². The standard InChI is InChI=1S/C17H14FN3OS/c1-22-15-8-2-12(3-9-15)10-19-21-17-20-16(11-23-17)13-4-6-14(18)7-5-13/h2-9,11H,10H2,1H3. The molecule has 0 aliphatic rings. The molecule has 0 aliphatic heterocycles. The lowest BCUT2D eigenvalue weighted by molar-refractivity contribution is 0.414. The Hall–Kier alpha value is -2.60. The van der Waals surface area contributed by atoms with E-state index in [1.807, 2.05) is 29.6 Å². The zero-order valence-electron chi connectivity index (χ0n) is 12.4. The van der Waals surface area contributed by atoms with E-state index in [0.29, 0.717) is 11.7 Å². The summed E-state index contributed by atoms with van der Waals surface area (Å²) < 4.78 is 18.0. The first kappa shape index (κ1) is 15.3. The van der Waals surface area contributed by atoms with E-state index in [9.17, 15) is 4.39 Å². The van der Waals surface area contributed by atoms with Gasteiger partial charge in [-0.3, -0.25) is 0 Å². The van der Waals surface area contributed by atoms with E-state index in [1.165, 1.54) is 23.5 Å². The van der Waals surface area contributed by atoms with Gasteiger partial charge in [-0.25, -0.2) is 9.37 Å². The lowest BCUT2D eigenvalue weighted by Gasteiger charge is -1.99. The summed E-state index contributed by atoms with van der Waals surface area (Å²) in [6, 6.07) is 13.9. The number of hydrogen-bond acceptors (Lipinski definition) is 5. The van der Waals surface area contributed by atoms with Crippen LogP contribution >= 0.6 is 11.3 Å². The number of thiazole rings is 1. The van der Waals surface area contributed by atoms with Crippen molar-refractivity contribution >= 4 is 16.5 Å². The van der Waals surface area contributed by atoms with Crippen LogP contribution in [0.3, 0.4) is 0 Å². The van der Waals surface area contributed by atoms with E-state index in [0.717, 1.165) is 22.6 Å². The molecule has 6 heteroatoms. The lowest BCUT2D eigenvalue weighted by atomic mass is 10.2. The maximum atomic E-state index is 12.9. The molecule has 0 atom stereocenters. The lowest BCUT2D eigenvalue weighted by Crippen LogP contribution is -1.84. The molecular weight excluding hydrogens is 313 g/mol. The van der Waals surface area contributed by atoms with Gasteiger partial charge in [-0.2, -0.15) is 5.11 Å². The summed E-state index contributed by atoms with van der Waals surface area (Å²) in [6.07, 6.45) is 0. The van der Waals surface area contributed by atoms with Crippen LogP contribution in [0.25, 0.3) is 11.3 Å². The molecule has 0 radical (unpaired) electrons. The molecule has 4 nitrogen and oxygen atoms in total. The van der Waals surface area contributed by atoms with Gasteiger partial charge in [-0.1, -0.05) is 12.1 Å².